The molecular weight excluding hydrogens is 942 g/mol. The largest absolute Gasteiger partial charge is 0.472 e. The van der Waals surface area contributed by atoms with E-state index < -0.39 is 26.5 Å². The Morgan fingerprint density at radius 2 is 0.743 bits per heavy atom. The van der Waals surface area contributed by atoms with E-state index in [-0.39, 0.29) is 38.6 Å². The number of allylic oxidation sites excluding steroid dienone is 10. The predicted octanol–water partition coefficient (Wildman–Crippen LogP) is 19.9. The van der Waals surface area contributed by atoms with Gasteiger partial charge in [-0.1, -0.05) is 293 Å². The van der Waals surface area contributed by atoms with Crippen LogP contribution in [0.25, 0.3) is 0 Å². The van der Waals surface area contributed by atoms with Crippen molar-refractivity contribution in [3.8, 4) is 0 Å². The molecule has 0 heterocycles. The number of carbonyl (C=O) groups excluding carboxylic acids is 2. The molecule has 0 amide bonds. The van der Waals surface area contributed by atoms with Gasteiger partial charge in [0.15, 0.2) is 6.10 Å². The Balaban J connectivity index is 3.92. The summed E-state index contributed by atoms with van der Waals surface area (Å²) < 4.78 is 33.1. The van der Waals surface area contributed by atoms with Crippen LogP contribution < -0.4 is 5.73 Å². The second kappa shape index (κ2) is 59.9. The lowest BCUT2D eigenvalue weighted by Gasteiger charge is -2.19. The molecule has 0 spiro atoms. The molecule has 74 heavy (non-hydrogen) atoms. The number of hydrogen-bond donors (Lipinski definition) is 2. The van der Waals surface area contributed by atoms with Crippen molar-refractivity contribution in [2.24, 2.45) is 5.73 Å². The highest BCUT2D eigenvalue weighted by Gasteiger charge is 2.26. The molecule has 10 heteroatoms. The fourth-order valence-electron chi connectivity index (χ4n) is 9.08. The summed E-state index contributed by atoms with van der Waals surface area (Å²) >= 11 is 0. The van der Waals surface area contributed by atoms with Crippen LogP contribution in [-0.2, 0) is 32.7 Å². The minimum absolute atomic E-state index is 0.0516. The van der Waals surface area contributed by atoms with Gasteiger partial charge in [-0.15, -0.1) is 0 Å². The molecule has 0 fully saturated rings. The Labute approximate surface area is 457 Å². The lowest BCUT2D eigenvalue weighted by Crippen LogP contribution is -2.29. The summed E-state index contributed by atoms with van der Waals surface area (Å²) in [5.74, 6) is -0.823. The van der Waals surface area contributed by atoms with E-state index in [0.29, 0.717) is 6.42 Å². The molecule has 0 bridgehead atoms. The first-order chi connectivity index (χ1) is 36.3. The summed E-state index contributed by atoms with van der Waals surface area (Å²) in [7, 11) is -4.39. The van der Waals surface area contributed by atoms with Crippen LogP contribution in [0.15, 0.2) is 60.8 Å². The highest BCUT2D eigenvalue weighted by molar-refractivity contribution is 7.47. The second-order valence-corrected chi connectivity index (χ2v) is 22.4. The molecule has 0 rings (SSSR count). The average molecular weight is 1060 g/mol. The van der Waals surface area contributed by atoms with Gasteiger partial charge in [-0.05, 0) is 57.8 Å². The molecule has 2 unspecified atom stereocenters. The van der Waals surface area contributed by atoms with Crippen molar-refractivity contribution in [3.63, 3.8) is 0 Å². The average Bonchev–Trinajstić information content (AvgIpc) is 3.39. The first kappa shape index (κ1) is 71.7. The lowest BCUT2D eigenvalue weighted by atomic mass is 10.0. The van der Waals surface area contributed by atoms with E-state index in [4.69, 9.17) is 24.3 Å². The van der Waals surface area contributed by atoms with E-state index in [1.807, 2.05) is 0 Å². The third-order valence-corrected chi connectivity index (χ3v) is 14.7. The van der Waals surface area contributed by atoms with Crippen LogP contribution in [0, 0.1) is 0 Å². The van der Waals surface area contributed by atoms with Crippen molar-refractivity contribution < 1.29 is 37.6 Å². The molecule has 432 valence electrons. The third-order valence-electron chi connectivity index (χ3n) is 13.7. The van der Waals surface area contributed by atoms with Crippen molar-refractivity contribution >= 4 is 19.8 Å². The number of phosphoric acid groups is 1. The summed E-state index contributed by atoms with van der Waals surface area (Å²) in [5, 5.41) is 0. The molecule has 0 aromatic rings. The third kappa shape index (κ3) is 59.0. The van der Waals surface area contributed by atoms with Gasteiger partial charge >= 0.3 is 19.8 Å². The van der Waals surface area contributed by atoms with Crippen molar-refractivity contribution in [1.29, 1.82) is 0 Å². The van der Waals surface area contributed by atoms with Crippen LogP contribution in [0.3, 0.4) is 0 Å². The highest BCUT2D eigenvalue weighted by atomic mass is 31.2. The minimum Gasteiger partial charge on any atom is -0.462 e. The number of esters is 2. The standard InChI is InChI=1S/C64H118NO8P/c1-3-5-7-9-11-13-15-17-19-21-23-25-27-29-30-31-33-34-36-38-40-42-44-46-48-50-52-54-56-63(66)70-60-62(61-72-74(68,69)71-59-58-65)73-64(67)57-55-53-51-49-47-45-43-41-39-37-35-32-28-26-24-22-20-18-16-14-12-10-8-6-4-2/h6,8,12,14,18,20,24,26,32,35,62H,3-5,7,9-11,13,15-17,19,21-23,25,27-31,33-34,36-61,65H2,1-2H3,(H,68,69)/b8-6-,14-12-,20-18-,26-24-,35-32-. The number of hydrogen-bond acceptors (Lipinski definition) is 8. The molecular formula is C64H118NO8P. The van der Waals surface area contributed by atoms with E-state index >= 15 is 0 Å². The molecule has 3 N–H and O–H groups in total. The van der Waals surface area contributed by atoms with Crippen molar-refractivity contribution in [2.45, 2.75) is 309 Å². The molecule has 0 aliphatic carbocycles. The van der Waals surface area contributed by atoms with E-state index in [0.717, 1.165) is 77.0 Å². The van der Waals surface area contributed by atoms with E-state index in [2.05, 4.69) is 74.6 Å². The van der Waals surface area contributed by atoms with Gasteiger partial charge in [-0.3, -0.25) is 18.6 Å². The number of phosphoric ester groups is 1. The topological polar surface area (TPSA) is 134 Å². The summed E-state index contributed by atoms with van der Waals surface area (Å²) in [4.78, 5) is 35.3. The van der Waals surface area contributed by atoms with Crippen molar-refractivity contribution in [3.05, 3.63) is 60.8 Å². The van der Waals surface area contributed by atoms with Gasteiger partial charge < -0.3 is 20.1 Å². The molecule has 0 aromatic heterocycles. The normalized spacial score (nSPS) is 13.4. The number of nitrogens with two attached hydrogens (primary N) is 1. The van der Waals surface area contributed by atoms with Gasteiger partial charge in [-0.25, -0.2) is 4.57 Å². The monoisotopic (exact) mass is 1060 g/mol. The van der Waals surface area contributed by atoms with Gasteiger partial charge in [0.05, 0.1) is 13.2 Å². The Morgan fingerprint density at radius 1 is 0.419 bits per heavy atom. The predicted molar refractivity (Wildman–Crippen MR) is 316 cm³/mol. The zero-order valence-corrected chi connectivity index (χ0v) is 49.2. The minimum atomic E-state index is -4.39. The summed E-state index contributed by atoms with van der Waals surface area (Å²) in [6.07, 6.45) is 75.8. The SMILES string of the molecule is CC/C=C\C/C=C\C/C=C\C/C=C\C/C=C\CCCCCCCCCCCC(=O)OC(COC(=O)CCCCCCCCCCCCCCCCCCCCCCCCCCCCCC)COP(=O)(O)OCCN. The number of carbonyl (C=O) groups is 2. The maximum absolute atomic E-state index is 12.7. The Morgan fingerprint density at radius 3 is 1.11 bits per heavy atom. The summed E-state index contributed by atoms with van der Waals surface area (Å²) in [6, 6.07) is 0. The van der Waals surface area contributed by atoms with Crippen LogP contribution >= 0.6 is 7.82 Å². The molecule has 0 aliphatic heterocycles. The van der Waals surface area contributed by atoms with E-state index in [9.17, 15) is 19.0 Å². The lowest BCUT2D eigenvalue weighted by molar-refractivity contribution is -0.161. The molecule has 2 atom stereocenters. The molecule has 9 nitrogen and oxygen atoms in total. The van der Waals surface area contributed by atoms with Crippen LogP contribution in [0.4, 0.5) is 0 Å². The van der Waals surface area contributed by atoms with Crippen LogP contribution in [0.2, 0.25) is 0 Å². The summed E-state index contributed by atoms with van der Waals surface area (Å²) in [5.41, 5.74) is 5.39. The maximum atomic E-state index is 12.7. The Bertz CT molecular complexity index is 1390. The smallest absolute Gasteiger partial charge is 0.462 e. The van der Waals surface area contributed by atoms with Crippen LogP contribution in [0.5, 0.6) is 0 Å². The molecule has 0 aliphatic rings. The van der Waals surface area contributed by atoms with E-state index in [1.165, 1.54) is 193 Å². The number of ether oxygens (including phenoxy) is 2. The number of unbranched alkanes of at least 4 members (excludes halogenated alkanes) is 36. The zero-order chi connectivity index (χ0) is 53.8. The maximum Gasteiger partial charge on any atom is 0.472 e. The van der Waals surface area contributed by atoms with Gasteiger partial charge in [0.2, 0.25) is 0 Å². The quantitative estimate of drug-likeness (QED) is 0.0264. The summed E-state index contributed by atoms with van der Waals surface area (Å²) in [6.45, 7) is 3.67. The molecule has 0 radical (unpaired) electrons. The second-order valence-electron chi connectivity index (χ2n) is 20.9. The number of rotatable bonds is 59. The molecule has 0 aromatic carbocycles. The van der Waals surface area contributed by atoms with E-state index in [1.54, 1.807) is 0 Å². The first-order valence-electron chi connectivity index (χ1n) is 31.3. The van der Waals surface area contributed by atoms with Gasteiger partial charge in [0, 0.05) is 19.4 Å². The first-order valence-corrected chi connectivity index (χ1v) is 32.8. The van der Waals surface area contributed by atoms with Gasteiger partial charge in [-0.2, -0.15) is 0 Å². The molecule has 0 saturated carbocycles. The van der Waals surface area contributed by atoms with Crippen molar-refractivity contribution in [2.75, 3.05) is 26.4 Å². The zero-order valence-electron chi connectivity index (χ0n) is 48.3. The Kier molecular flexibility index (Phi) is 58.1. The fraction of sp³-hybridized carbons (Fsp3) is 0.812. The van der Waals surface area contributed by atoms with Crippen LogP contribution in [-0.4, -0.2) is 49.3 Å². The highest BCUT2D eigenvalue weighted by Crippen LogP contribution is 2.43. The fourth-order valence-corrected chi connectivity index (χ4v) is 9.84. The van der Waals surface area contributed by atoms with Crippen LogP contribution in [0.1, 0.15) is 303 Å². The Hall–Kier alpha value is -2.29. The molecule has 0 saturated heterocycles. The van der Waals surface area contributed by atoms with Gasteiger partial charge in [0.25, 0.3) is 0 Å². The van der Waals surface area contributed by atoms with Crippen molar-refractivity contribution in [1.82, 2.24) is 0 Å². The van der Waals surface area contributed by atoms with Gasteiger partial charge in [0.1, 0.15) is 6.61 Å².